The fourth-order valence-corrected chi connectivity index (χ4v) is 2.98. The highest BCUT2D eigenvalue weighted by atomic mass is 16.8. The number of carbonyl (C=O) groups is 2. The zero-order valence-corrected chi connectivity index (χ0v) is 15.4. The summed E-state index contributed by atoms with van der Waals surface area (Å²) in [5.74, 6) is -3.61. The number of aliphatic carboxylic acids is 1. The third-order valence-electron chi connectivity index (χ3n) is 4.59. The third kappa shape index (κ3) is 3.92. The molecule has 0 saturated carbocycles. The lowest BCUT2D eigenvalue weighted by atomic mass is 10.0. The van der Waals surface area contributed by atoms with Crippen molar-refractivity contribution in [2.45, 2.75) is 49.5 Å². The predicted molar refractivity (Wildman–Crippen MR) is 86.7 cm³/mol. The van der Waals surface area contributed by atoms with Crippen molar-refractivity contribution in [3.63, 3.8) is 0 Å². The number of carboxylic acid groups (broad SMARTS) is 1. The summed E-state index contributed by atoms with van der Waals surface area (Å²) in [6.45, 7) is 0.0632. The average Bonchev–Trinajstić information content (AvgIpc) is 2.78. The van der Waals surface area contributed by atoms with Crippen LogP contribution in [0.2, 0.25) is 0 Å². The quantitative estimate of drug-likeness (QED) is 0.202. The number of likely N-dealkylation sites (N-methyl/N-ethyl adjacent to an activating group) is 1. The maximum absolute atomic E-state index is 12.4. The van der Waals surface area contributed by atoms with Crippen LogP contribution in [-0.4, -0.2) is 106 Å². The number of aliphatic hydroxyl groups is 4. The van der Waals surface area contributed by atoms with Crippen LogP contribution in [0.25, 0.3) is 0 Å². The number of carbonyl (C=O) groups excluding carboxylic acids is 1. The molecular weight excluding hydrogens is 352 g/mol. The number of amides is 1. The first-order valence-corrected chi connectivity index (χ1v) is 8.22. The van der Waals surface area contributed by atoms with Gasteiger partial charge in [0.15, 0.2) is 6.10 Å². The number of hydrogen-bond donors (Lipinski definition) is 6. The third-order valence-corrected chi connectivity index (χ3v) is 4.59. The van der Waals surface area contributed by atoms with Crippen LogP contribution in [0.3, 0.4) is 0 Å². The van der Waals surface area contributed by atoms with Crippen LogP contribution in [0.4, 0.5) is 4.79 Å². The van der Waals surface area contributed by atoms with Crippen molar-refractivity contribution in [2.75, 3.05) is 34.4 Å². The molecule has 1 fully saturated rings. The summed E-state index contributed by atoms with van der Waals surface area (Å²) in [6.07, 6.45) is -5.44. The van der Waals surface area contributed by atoms with Crippen molar-refractivity contribution in [2.24, 2.45) is 0 Å². The van der Waals surface area contributed by atoms with Gasteiger partial charge in [-0.2, -0.15) is 0 Å². The van der Waals surface area contributed by atoms with Crippen molar-refractivity contribution in [1.29, 1.82) is 0 Å². The summed E-state index contributed by atoms with van der Waals surface area (Å²) < 4.78 is 9.96. The van der Waals surface area contributed by atoms with Gasteiger partial charge in [0, 0.05) is 6.42 Å². The number of hydrogen-bond acceptors (Lipinski definition) is 8. The molecule has 1 amide bonds. The molecule has 0 aromatic carbocycles. The molecule has 0 aromatic rings. The lowest BCUT2D eigenvalue weighted by molar-refractivity contribution is -0.917. The van der Waals surface area contributed by atoms with E-state index < -0.39 is 55.0 Å². The number of nitrogens with one attached hydrogen (secondary N) is 1. The second-order valence-electron chi connectivity index (χ2n) is 7.19. The molecule has 11 nitrogen and oxygen atoms in total. The number of aliphatic hydroxyl groups excluding tert-OH is 4. The second-order valence-corrected chi connectivity index (χ2v) is 7.19. The molecule has 0 bridgehead atoms. The minimum absolute atomic E-state index is 0.0817. The van der Waals surface area contributed by atoms with Crippen molar-refractivity contribution in [3.05, 3.63) is 0 Å². The van der Waals surface area contributed by atoms with Gasteiger partial charge >= 0.3 is 12.1 Å². The Bertz CT molecular complexity index is 524. The second kappa shape index (κ2) is 8.03. The number of nitrogens with zero attached hydrogens (tertiary/aromatic N) is 1. The molecule has 1 aliphatic heterocycles. The van der Waals surface area contributed by atoms with E-state index in [1.165, 1.54) is 0 Å². The first-order valence-electron chi connectivity index (χ1n) is 8.22. The topological polar surface area (TPSA) is 166 Å². The van der Waals surface area contributed by atoms with Gasteiger partial charge in [-0.25, -0.2) is 9.59 Å². The lowest BCUT2D eigenvalue weighted by Crippen LogP contribution is -2.71. The SMILES string of the molecule is CCCC(NC(=O)OC1(CO)O[C@H](CO)[C@@H](O)[C@@H]1O)(C(=O)O)[N+](C)(C)C. The fraction of sp³-hybridized carbons (Fsp3) is 0.867. The predicted octanol–water partition coefficient (Wildman–Crippen LogP) is -2.20. The molecule has 1 aliphatic rings. The summed E-state index contributed by atoms with van der Waals surface area (Å²) in [6, 6.07) is 0. The Kier molecular flexibility index (Phi) is 6.96. The summed E-state index contributed by atoms with van der Waals surface area (Å²) in [5, 5.41) is 50.5. The molecule has 0 radical (unpaired) electrons. The van der Waals surface area contributed by atoms with Gasteiger partial charge < -0.3 is 35.0 Å². The van der Waals surface area contributed by atoms with E-state index in [2.05, 4.69) is 5.32 Å². The van der Waals surface area contributed by atoms with Crippen molar-refractivity contribution < 1.29 is 49.1 Å². The van der Waals surface area contributed by atoms with Gasteiger partial charge in [0.25, 0.3) is 11.4 Å². The molecule has 0 spiro atoms. The van der Waals surface area contributed by atoms with Gasteiger partial charge in [0.1, 0.15) is 18.8 Å². The van der Waals surface area contributed by atoms with Crippen LogP contribution in [0.15, 0.2) is 0 Å². The maximum Gasteiger partial charge on any atom is 0.415 e. The molecule has 0 aliphatic carbocycles. The monoisotopic (exact) mass is 381 g/mol. The molecule has 26 heavy (non-hydrogen) atoms. The van der Waals surface area contributed by atoms with E-state index in [4.69, 9.17) is 14.6 Å². The van der Waals surface area contributed by atoms with Crippen LogP contribution in [0.1, 0.15) is 19.8 Å². The number of alkyl carbamates (subject to hydrolysis) is 1. The van der Waals surface area contributed by atoms with Crippen molar-refractivity contribution in [1.82, 2.24) is 5.32 Å². The molecule has 152 valence electrons. The summed E-state index contributed by atoms with van der Waals surface area (Å²) in [7, 11) is 4.75. The van der Waals surface area contributed by atoms with Crippen molar-refractivity contribution in [3.8, 4) is 0 Å². The molecule has 1 rings (SSSR count). The van der Waals surface area contributed by atoms with Gasteiger partial charge in [0.05, 0.1) is 27.7 Å². The van der Waals surface area contributed by atoms with Crippen LogP contribution < -0.4 is 5.32 Å². The van der Waals surface area contributed by atoms with E-state index in [-0.39, 0.29) is 10.9 Å². The molecule has 11 heteroatoms. The van der Waals surface area contributed by atoms with E-state index in [1.807, 2.05) is 0 Å². The number of carboxylic acids is 1. The first kappa shape index (κ1) is 22.5. The van der Waals surface area contributed by atoms with E-state index in [0.29, 0.717) is 6.42 Å². The van der Waals surface area contributed by atoms with Gasteiger partial charge in [0.2, 0.25) is 0 Å². The fourth-order valence-electron chi connectivity index (χ4n) is 2.98. The summed E-state index contributed by atoms with van der Waals surface area (Å²) in [5.41, 5.74) is -1.74. The smallest absolute Gasteiger partial charge is 0.415 e. The Morgan fingerprint density at radius 3 is 2.19 bits per heavy atom. The molecule has 5 atom stereocenters. The zero-order chi connectivity index (χ0) is 20.3. The lowest BCUT2D eigenvalue weighted by Gasteiger charge is -2.43. The Morgan fingerprint density at radius 2 is 1.85 bits per heavy atom. The first-order chi connectivity index (χ1) is 11.9. The van der Waals surface area contributed by atoms with Gasteiger partial charge in [-0.3, -0.25) is 9.80 Å². The number of ether oxygens (including phenoxy) is 2. The van der Waals surface area contributed by atoms with Crippen LogP contribution in [0, 0.1) is 0 Å². The zero-order valence-electron chi connectivity index (χ0n) is 15.4. The Balaban J connectivity index is 3.09. The number of quaternary nitrogens is 1. The Labute approximate surface area is 151 Å². The highest BCUT2D eigenvalue weighted by molar-refractivity contribution is 5.82. The Hall–Kier alpha value is -1.50. The molecule has 6 N–H and O–H groups in total. The van der Waals surface area contributed by atoms with E-state index in [9.17, 15) is 30.0 Å². The average molecular weight is 381 g/mol. The van der Waals surface area contributed by atoms with Gasteiger partial charge in [-0.1, -0.05) is 6.92 Å². The largest absolute Gasteiger partial charge is 0.475 e. The summed E-state index contributed by atoms with van der Waals surface area (Å²) in [4.78, 5) is 24.3. The normalized spacial score (nSPS) is 31.3. The van der Waals surface area contributed by atoms with E-state index >= 15 is 0 Å². The summed E-state index contributed by atoms with van der Waals surface area (Å²) >= 11 is 0. The Morgan fingerprint density at radius 1 is 1.27 bits per heavy atom. The van der Waals surface area contributed by atoms with Crippen molar-refractivity contribution >= 4 is 12.1 Å². The van der Waals surface area contributed by atoms with Gasteiger partial charge in [-0.15, -0.1) is 0 Å². The highest BCUT2D eigenvalue weighted by Crippen LogP contribution is 2.33. The minimum Gasteiger partial charge on any atom is -0.475 e. The van der Waals surface area contributed by atoms with Gasteiger partial charge in [-0.05, 0) is 6.42 Å². The standard InChI is InChI=1S/C15H28N2O9/c1-5-6-14(12(22)23,17(2,3)4)16-13(24)26-15(8-19)11(21)10(20)9(7-18)25-15/h9-11,18-21H,5-8H2,1-4H3,(H-,16,22,23,24)/p+1/t9-,10-,11+,14?,15?/m1/s1. The van der Waals surface area contributed by atoms with Crippen LogP contribution in [-0.2, 0) is 14.3 Å². The molecular formula is C15H29N2O9+. The molecule has 2 unspecified atom stereocenters. The molecule has 1 saturated heterocycles. The van der Waals surface area contributed by atoms with E-state index in [1.54, 1.807) is 28.1 Å². The highest BCUT2D eigenvalue weighted by Gasteiger charge is 2.58. The maximum atomic E-state index is 12.4. The van der Waals surface area contributed by atoms with Crippen LogP contribution in [0.5, 0.6) is 0 Å². The van der Waals surface area contributed by atoms with E-state index in [0.717, 1.165) is 0 Å². The molecule has 0 aromatic heterocycles. The minimum atomic E-state index is -2.32. The molecule has 1 heterocycles. The number of rotatable bonds is 8. The van der Waals surface area contributed by atoms with Crippen LogP contribution >= 0.6 is 0 Å².